The normalized spacial score (nSPS) is 10.5. The van der Waals surface area contributed by atoms with Crippen LogP contribution in [-0.4, -0.2) is 15.3 Å². The summed E-state index contributed by atoms with van der Waals surface area (Å²) in [5.74, 6) is 0.687. The van der Waals surface area contributed by atoms with Gasteiger partial charge in [-0.1, -0.05) is 43.6 Å². The zero-order chi connectivity index (χ0) is 13.8. The average molecular weight is 279 g/mol. The lowest BCUT2D eigenvalue weighted by Crippen LogP contribution is -1.98. The molecule has 100 valence electrons. The quantitative estimate of drug-likeness (QED) is 0.925. The van der Waals surface area contributed by atoms with Crippen LogP contribution >= 0.6 is 11.6 Å². The Balaban J connectivity index is 2.42. The van der Waals surface area contributed by atoms with Gasteiger partial charge in [-0.15, -0.1) is 10.2 Å². The second-order valence-corrected chi connectivity index (χ2v) is 4.46. The third-order valence-corrected chi connectivity index (χ3v) is 3.03. The highest BCUT2D eigenvalue weighted by Gasteiger charge is 2.13. The van der Waals surface area contributed by atoms with Gasteiger partial charge in [-0.05, 0) is 24.0 Å². The largest absolute Gasteiger partial charge is 0.503 e. The van der Waals surface area contributed by atoms with E-state index in [1.165, 1.54) is 6.07 Å². The molecule has 1 aromatic heterocycles. The van der Waals surface area contributed by atoms with Gasteiger partial charge < -0.3 is 9.84 Å². The Kier molecular flexibility index (Phi) is 4.22. The minimum atomic E-state index is -0.118. The van der Waals surface area contributed by atoms with Crippen LogP contribution in [0, 0.1) is 0 Å². The highest BCUT2D eigenvalue weighted by Crippen LogP contribution is 2.33. The van der Waals surface area contributed by atoms with Gasteiger partial charge in [0, 0.05) is 6.07 Å². The van der Waals surface area contributed by atoms with E-state index in [1.54, 1.807) is 0 Å². The van der Waals surface area contributed by atoms with Crippen LogP contribution in [0.15, 0.2) is 24.3 Å². The number of benzene rings is 1. The zero-order valence-electron chi connectivity index (χ0n) is 10.9. The Labute approximate surface area is 117 Å². The van der Waals surface area contributed by atoms with E-state index in [4.69, 9.17) is 16.3 Å². The SMILES string of the molecule is CCc1cccc(CC)c1Oc1nnc(Cl)cc1O. The molecule has 2 aromatic rings. The number of para-hydroxylation sites is 1. The Morgan fingerprint density at radius 2 is 1.79 bits per heavy atom. The maximum Gasteiger partial charge on any atom is 0.281 e. The van der Waals surface area contributed by atoms with Crippen molar-refractivity contribution in [3.8, 4) is 17.4 Å². The first-order valence-corrected chi connectivity index (χ1v) is 6.54. The monoisotopic (exact) mass is 278 g/mol. The molecule has 0 bridgehead atoms. The molecule has 1 heterocycles. The molecule has 0 amide bonds. The van der Waals surface area contributed by atoms with Crippen molar-refractivity contribution in [1.29, 1.82) is 0 Å². The fraction of sp³-hybridized carbons (Fsp3) is 0.286. The van der Waals surface area contributed by atoms with Crippen molar-refractivity contribution in [2.24, 2.45) is 0 Å². The Morgan fingerprint density at radius 1 is 1.16 bits per heavy atom. The number of aryl methyl sites for hydroxylation is 2. The topological polar surface area (TPSA) is 55.2 Å². The summed E-state index contributed by atoms with van der Waals surface area (Å²) in [5.41, 5.74) is 2.13. The number of aromatic nitrogens is 2. The van der Waals surface area contributed by atoms with E-state index in [0.717, 1.165) is 29.7 Å². The summed E-state index contributed by atoms with van der Waals surface area (Å²) in [7, 11) is 0. The highest BCUT2D eigenvalue weighted by molar-refractivity contribution is 6.29. The van der Waals surface area contributed by atoms with Gasteiger partial charge in [0.25, 0.3) is 5.88 Å². The molecule has 0 atom stereocenters. The first-order chi connectivity index (χ1) is 9.15. The zero-order valence-corrected chi connectivity index (χ0v) is 11.6. The first kappa shape index (κ1) is 13.6. The highest BCUT2D eigenvalue weighted by atomic mass is 35.5. The van der Waals surface area contributed by atoms with Gasteiger partial charge in [0.15, 0.2) is 10.9 Å². The number of rotatable bonds is 4. The number of aromatic hydroxyl groups is 1. The molecule has 1 N–H and O–H groups in total. The fourth-order valence-corrected chi connectivity index (χ4v) is 1.98. The molecule has 0 radical (unpaired) electrons. The number of ether oxygens (including phenoxy) is 1. The van der Waals surface area contributed by atoms with Crippen LogP contribution in [0.1, 0.15) is 25.0 Å². The van der Waals surface area contributed by atoms with Gasteiger partial charge in [-0.3, -0.25) is 0 Å². The average Bonchev–Trinajstić information content (AvgIpc) is 2.42. The molecule has 0 saturated carbocycles. The second kappa shape index (κ2) is 5.89. The molecule has 0 spiro atoms. The van der Waals surface area contributed by atoms with Crippen LogP contribution in [0.4, 0.5) is 0 Å². The molecule has 0 aliphatic carbocycles. The van der Waals surface area contributed by atoms with Crippen LogP contribution in [-0.2, 0) is 12.8 Å². The van der Waals surface area contributed by atoms with Crippen molar-refractivity contribution in [2.75, 3.05) is 0 Å². The smallest absolute Gasteiger partial charge is 0.281 e. The van der Waals surface area contributed by atoms with Gasteiger partial charge in [0.05, 0.1) is 0 Å². The molecule has 0 unspecified atom stereocenters. The van der Waals surface area contributed by atoms with Gasteiger partial charge in [0.1, 0.15) is 5.75 Å². The van der Waals surface area contributed by atoms with Gasteiger partial charge in [-0.25, -0.2) is 0 Å². The van der Waals surface area contributed by atoms with E-state index in [1.807, 2.05) is 18.2 Å². The lowest BCUT2D eigenvalue weighted by atomic mass is 10.1. The number of hydrogen-bond acceptors (Lipinski definition) is 4. The minimum absolute atomic E-state index is 0.0694. The summed E-state index contributed by atoms with van der Waals surface area (Å²) >= 11 is 5.65. The fourth-order valence-electron chi connectivity index (χ4n) is 1.84. The maximum absolute atomic E-state index is 9.77. The molecule has 1 aromatic carbocycles. The molecule has 0 aliphatic heterocycles. The van der Waals surface area contributed by atoms with Gasteiger partial charge in [-0.2, -0.15) is 0 Å². The maximum atomic E-state index is 9.77. The molecule has 4 nitrogen and oxygen atoms in total. The standard InChI is InChI=1S/C14H15ClN2O2/c1-3-9-6-5-7-10(4-2)13(9)19-14-11(18)8-12(15)16-17-14/h5-8H,3-4H2,1-2H3,(H,16,18). The van der Waals surface area contributed by atoms with Crippen molar-refractivity contribution >= 4 is 11.6 Å². The van der Waals surface area contributed by atoms with Crippen LogP contribution in [0.25, 0.3) is 0 Å². The Bertz CT molecular complexity index is 565. The van der Waals surface area contributed by atoms with E-state index in [-0.39, 0.29) is 16.8 Å². The van der Waals surface area contributed by atoms with Crippen molar-refractivity contribution < 1.29 is 9.84 Å². The lowest BCUT2D eigenvalue weighted by molar-refractivity contribution is 0.387. The number of nitrogens with zero attached hydrogens (tertiary/aromatic N) is 2. The summed E-state index contributed by atoms with van der Waals surface area (Å²) in [4.78, 5) is 0. The van der Waals surface area contributed by atoms with Gasteiger partial charge in [0.2, 0.25) is 0 Å². The van der Waals surface area contributed by atoms with Crippen molar-refractivity contribution in [3.63, 3.8) is 0 Å². The van der Waals surface area contributed by atoms with E-state index in [2.05, 4.69) is 24.0 Å². The van der Waals surface area contributed by atoms with E-state index >= 15 is 0 Å². The minimum Gasteiger partial charge on any atom is -0.503 e. The second-order valence-electron chi connectivity index (χ2n) is 4.07. The summed E-state index contributed by atoms with van der Waals surface area (Å²) in [5, 5.41) is 17.3. The predicted molar refractivity (Wildman–Crippen MR) is 74.0 cm³/mol. The summed E-state index contributed by atoms with van der Waals surface area (Å²) in [6.07, 6.45) is 1.68. The van der Waals surface area contributed by atoms with E-state index in [9.17, 15) is 5.11 Å². The van der Waals surface area contributed by atoms with Crippen LogP contribution in [0.5, 0.6) is 17.4 Å². The van der Waals surface area contributed by atoms with Crippen LogP contribution in [0.3, 0.4) is 0 Å². The van der Waals surface area contributed by atoms with Crippen molar-refractivity contribution in [2.45, 2.75) is 26.7 Å². The van der Waals surface area contributed by atoms with Gasteiger partial charge >= 0.3 is 0 Å². The van der Waals surface area contributed by atoms with E-state index < -0.39 is 0 Å². The third kappa shape index (κ3) is 2.96. The van der Waals surface area contributed by atoms with E-state index in [0.29, 0.717) is 0 Å². The molecule has 19 heavy (non-hydrogen) atoms. The summed E-state index contributed by atoms with van der Waals surface area (Å²) < 4.78 is 5.73. The molecule has 0 saturated heterocycles. The molecule has 0 aliphatic rings. The van der Waals surface area contributed by atoms with Crippen LogP contribution in [0.2, 0.25) is 5.15 Å². The van der Waals surface area contributed by atoms with Crippen molar-refractivity contribution in [3.05, 3.63) is 40.5 Å². The molecule has 0 fully saturated rings. The molecule has 2 rings (SSSR count). The number of hydrogen-bond donors (Lipinski definition) is 1. The Hall–Kier alpha value is -1.81. The predicted octanol–water partition coefficient (Wildman–Crippen LogP) is 3.75. The van der Waals surface area contributed by atoms with Crippen molar-refractivity contribution in [1.82, 2.24) is 10.2 Å². The summed E-state index contributed by atoms with van der Waals surface area (Å²) in [6, 6.07) is 7.30. The third-order valence-electron chi connectivity index (χ3n) is 2.85. The van der Waals surface area contributed by atoms with Crippen LogP contribution < -0.4 is 4.74 Å². The lowest BCUT2D eigenvalue weighted by Gasteiger charge is -2.13. The molecule has 5 heteroatoms. The molecular weight excluding hydrogens is 264 g/mol. The molecular formula is C14H15ClN2O2. The summed E-state index contributed by atoms with van der Waals surface area (Å²) in [6.45, 7) is 4.10. The Morgan fingerprint density at radius 3 is 2.32 bits per heavy atom. The number of halogens is 1. The first-order valence-electron chi connectivity index (χ1n) is 6.16.